The minimum atomic E-state index is 0.463. The lowest BCUT2D eigenvalue weighted by Crippen LogP contribution is -2.09. The molecule has 0 radical (unpaired) electrons. The predicted molar refractivity (Wildman–Crippen MR) is 106 cm³/mol. The number of ether oxygens (including phenoxy) is 2. The first-order chi connectivity index (χ1) is 13.3. The van der Waals surface area contributed by atoms with Crippen molar-refractivity contribution in [2.45, 2.75) is 19.3 Å². The molecule has 4 N–H and O–H groups in total. The summed E-state index contributed by atoms with van der Waals surface area (Å²) in [5, 5.41) is 6.45. The third-order valence-corrected chi connectivity index (χ3v) is 3.54. The standard InChI is InChI=1S/C19H26N6O2/c1-26-12-6-10-22-18-15(7-4-3-5-9-20)14-23-19(25-18)24-16-8-11-21-17(13-16)27-2/h8,11,13-14H,3,5-6,9-10,12,20H2,1-2H3,(H2,21,22,23,24,25). The average Bonchev–Trinajstić information content (AvgIpc) is 2.70. The Morgan fingerprint density at radius 2 is 2.11 bits per heavy atom. The van der Waals surface area contributed by atoms with Gasteiger partial charge in [0.2, 0.25) is 11.8 Å². The molecule has 0 atom stereocenters. The molecule has 2 heterocycles. The fourth-order valence-corrected chi connectivity index (χ4v) is 2.17. The molecule has 0 aliphatic carbocycles. The Morgan fingerprint density at radius 1 is 1.22 bits per heavy atom. The maximum atomic E-state index is 5.51. The molecule has 0 saturated carbocycles. The molecule has 0 bridgehead atoms. The molecule has 2 aromatic heterocycles. The lowest BCUT2D eigenvalue weighted by Gasteiger charge is -2.11. The number of aromatic nitrogens is 3. The molecule has 0 aliphatic heterocycles. The molecular weight excluding hydrogens is 344 g/mol. The number of anilines is 3. The summed E-state index contributed by atoms with van der Waals surface area (Å²) in [4.78, 5) is 13.0. The summed E-state index contributed by atoms with van der Waals surface area (Å²) in [7, 11) is 3.26. The van der Waals surface area contributed by atoms with Crippen LogP contribution in [-0.4, -0.2) is 48.9 Å². The summed E-state index contributed by atoms with van der Waals surface area (Å²) in [6.45, 7) is 2.04. The number of nitrogens with one attached hydrogen (secondary N) is 2. The maximum absolute atomic E-state index is 5.51. The van der Waals surface area contributed by atoms with Gasteiger partial charge in [-0.05, 0) is 25.5 Å². The lowest BCUT2D eigenvalue weighted by molar-refractivity contribution is 0.198. The number of unbranched alkanes of at least 4 members (excludes halogenated alkanes) is 1. The highest BCUT2D eigenvalue weighted by Gasteiger charge is 2.07. The van der Waals surface area contributed by atoms with E-state index in [4.69, 9.17) is 15.2 Å². The van der Waals surface area contributed by atoms with Crippen molar-refractivity contribution in [1.82, 2.24) is 15.0 Å². The summed E-state index contributed by atoms with van der Waals surface area (Å²) in [5.74, 6) is 7.89. The number of pyridine rings is 1. The van der Waals surface area contributed by atoms with Crippen molar-refractivity contribution in [1.29, 1.82) is 0 Å². The second kappa shape index (κ2) is 11.7. The third-order valence-electron chi connectivity index (χ3n) is 3.54. The SMILES string of the molecule is COCCCNc1nc(Nc2ccnc(OC)c2)ncc1C#CCCCN. The van der Waals surface area contributed by atoms with E-state index in [1.54, 1.807) is 32.7 Å². The molecule has 144 valence electrons. The first-order valence-corrected chi connectivity index (χ1v) is 8.82. The Hall–Kier alpha value is -2.89. The van der Waals surface area contributed by atoms with E-state index in [9.17, 15) is 0 Å². The molecule has 8 nitrogen and oxygen atoms in total. The maximum Gasteiger partial charge on any atom is 0.229 e. The summed E-state index contributed by atoms with van der Waals surface area (Å²) < 4.78 is 10.2. The highest BCUT2D eigenvalue weighted by Crippen LogP contribution is 2.19. The Morgan fingerprint density at radius 3 is 2.89 bits per heavy atom. The third kappa shape index (κ3) is 7.09. The van der Waals surface area contributed by atoms with Gasteiger partial charge in [0.1, 0.15) is 5.82 Å². The van der Waals surface area contributed by atoms with Crippen LogP contribution in [0.15, 0.2) is 24.5 Å². The number of hydrogen-bond acceptors (Lipinski definition) is 8. The number of nitrogens with two attached hydrogens (primary N) is 1. The van der Waals surface area contributed by atoms with Gasteiger partial charge in [-0.3, -0.25) is 0 Å². The van der Waals surface area contributed by atoms with Crippen LogP contribution in [0.2, 0.25) is 0 Å². The van der Waals surface area contributed by atoms with Gasteiger partial charge in [0.05, 0.1) is 18.9 Å². The van der Waals surface area contributed by atoms with Gasteiger partial charge < -0.3 is 25.8 Å². The fraction of sp³-hybridized carbons (Fsp3) is 0.421. The number of hydrogen-bond donors (Lipinski definition) is 3. The highest BCUT2D eigenvalue weighted by atomic mass is 16.5. The first-order valence-electron chi connectivity index (χ1n) is 8.82. The van der Waals surface area contributed by atoms with Gasteiger partial charge >= 0.3 is 0 Å². The van der Waals surface area contributed by atoms with Crippen LogP contribution in [0, 0.1) is 11.8 Å². The van der Waals surface area contributed by atoms with Crippen molar-refractivity contribution in [2.24, 2.45) is 5.73 Å². The van der Waals surface area contributed by atoms with Crippen LogP contribution in [0.4, 0.5) is 17.5 Å². The fourth-order valence-electron chi connectivity index (χ4n) is 2.17. The minimum absolute atomic E-state index is 0.463. The molecule has 0 unspecified atom stereocenters. The van der Waals surface area contributed by atoms with Crippen molar-refractivity contribution in [3.05, 3.63) is 30.1 Å². The normalized spacial score (nSPS) is 10.0. The smallest absolute Gasteiger partial charge is 0.229 e. The topological polar surface area (TPSA) is 107 Å². The zero-order valence-electron chi connectivity index (χ0n) is 15.8. The number of methoxy groups -OCH3 is 2. The number of nitrogens with zero attached hydrogens (tertiary/aromatic N) is 3. The van der Waals surface area contributed by atoms with Crippen molar-refractivity contribution in [3.63, 3.8) is 0 Å². The van der Waals surface area contributed by atoms with Gasteiger partial charge in [0.15, 0.2) is 0 Å². The second-order valence-corrected chi connectivity index (χ2v) is 5.63. The number of rotatable bonds is 10. The van der Waals surface area contributed by atoms with Crippen molar-refractivity contribution >= 4 is 17.5 Å². The summed E-state index contributed by atoms with van der Waals surface area (Å²) in [5.41, 5.74) is 7.05. The van der Waals surface area contributed by atoms with Crippen LogP contribution in [0.1, 0.15) is 24.8 Å². The molecule has 27 heavy (non-hydrogen) atoms. The Labute approximate surface area is 159 Å². The van der Waals surface area contributed by atoms with Crippen molar-refractivity contribution in [2.75, 3.05) is 44.5 Å². The van der Waals surface area contributed by atoms with E-state index in [2.05, 4.69) is 37.4 Å². The van der Waals surface area contributed by atoms with E-state index in [1.807, 2.05) is 6.07 Å². The van der Waals surface area contributed by atoms with Crippen LogP contribution in [0.5, 0.6) is 5.88 Å². The molecule has 2 aromatic rings. The highest BCUT2D eigenvalue weighted by molar-refractivity contribution is 5.59. The zero-order chi connectivity index (χ0) is 19.3. The Bertz CT molecular complexity index is 772. The first kappa shape index (κ1) is 20.4. The minimum Gasteiger partial charge on any atom is -0.481 e. The van der Waals surface area contributed by atoms with Crippen LogP contribution in [0.3, 0.4) is 0 Å². The summed E-state index contributed by atoms with van der Waals surface area (Å²) in [6, 6.07) is 3.59. The van der Waals surface area contributed by atoms with Gasteiger partial charge in [-0.1, -0.05) is 11.8 Å². The quantitative estimate of drug-likeness (QED) is 0.431. The molecule has 2 rings (SSSR count). The van der Waals surface area contributed by atoms with Crippen molar-refractivity contribution in [3.8, 4) is 17.7 Å². The van der Waals surface area contributed by atoms with E-state index in [0.29, 0.717) is 30.8 Å². The summed E-state index contributed by atoms with van der Waals surface area (Å²) in [6.07, 6.45) is 5.85. The van der Waals surface area contributed by atoms with E-state index < -0.39 is 0 Å². The molecular formula is C19H26N6O2. The molecule has 0 aromatic carbocycles. The van der Waals surface area contributed by atoms with Crippen LogP contribution in [0.25, 0.3) is 0 Å². The second-order valence-electron chi connectivity index (χ2n) is 5.63. The molecule has 0 fully saturated rings. The molecule has 0 spiro atoms. The Balaban J connectivity index is 2.15. The van der Waals surface area contributed by atoms with E-state index >= 15 is 0 Å². The van der Waals surface area contributed by atoms with E-state index in [0.717, 1.165) is 37.1 Å². The zero-order valence-corrected chi connectivity index (χ0v) is 15.8. The van der Waals surface area contributed by atoms with Gasteiger partial charge in [-0.25, -0.2) is 9.97 Å². The molecule has 0 saturated heterocycles. The predicted octanol–water partition coefficient (Wildman–Crippen LogP) is 2.16. The summed E-state index contributed by atoms with van der Waals surface area (Å²) >= 11 is 0. The molecule has 0 amide bonds. The van der Waals surface area contributed by atoms with Crippen LogP contribution < -0.4 is 21.1 Å². The van der Waals surface area contributed by atoms with Crippen molar-refractivity contribution < 1.29 is 9.47 Å². The van der Waals surface area contributed by atoms with Gasteiger partial charge in [-0.15, -0.1) is 0 Å². The van der Waals surface area contributed by atoms with Gasteiger partial charge in [0.25, 0.3) is 0 Å². The molecule has 0 aliphatic rings. The Kier molecular flexibility index (Phi) is 8.83. The van der Waals surface area contributed by atoms with Crippen LogP contribution in [-0.2, 0) is 4.74 Å². The van der Waals surface area contributed by atoms with Crippen LogP contribution >= 0.6 is 0 Å². The largest absolute Gasteiger partial charge is 0.481 e. The lowest BCUT2D eigenvalue weighted by atomic mass is 10.2. The average molecular weight is 370 g/mol. The van der Waals surface area contributed by atoms with E-state index in [1.165, 1.54) is 0 Å². The van der Waals surface area contributed by atoms with E-state index in [-0.39, 0.29) is 0 Å². The monoisotopic (exact) mass is 370 g/mol. The van der Waals surface area contributed by atoms with Gasteiger partial charge in [0, 0.05) is 44.6 Å². The van der Waals surface area contributed by atoms with Gasteiger partial charge in [-0.2, -0.15) is 4.98 Å². The molecule has 8 heteroatoms.